The van der Waals surface area contributed by atoms with Gasteiger partial charge in [0.1, 0.15) is 5.76 Å². The van der Waals surface area contributed by atoms with Crippen molar-refractivity contribution in [3.8, 4) is 0 Å². The van der Waals surface area contributed by atoms with Gasteiger partial charge in [0, 0.05) is 10.0 Å². The fraction of sp³-hybridized carbons (Fsp3) is 0.0800. The molecule has 0 bridgehead atoms. The summed E-state index contributed by atoms with van der Waals surface area (Å²) in [5, 5.41) is 11.5. The molecular weight excluding hydrogens is 488 g/mol. The molecule has 1 N–H and O–H groups in total. The molecule has 2 heterocycles. The number of hydrogen-bond acceptors (Lipinski definition) is 5. The van der Waals surface area contributed by atoms with Crippen LogP contribution in [0.1, 0.15) is 22.7 Å². The van der Waals surface area contributed by atoms with E-state index in [0.717, 1.165) is 20.3 Å². The maximum absolute atomic E-state index is 13.3. The van der Waals surface area contributed by atoms with Crippen LogP contribution in [0.2, 0.25) is 0 Å². The summed E-state index contributed by atoms with van der Waals surface area (Å²) in [5.74, 6) is -1.64. The number of anilines is 1. The van der Waals surface area contributed by atoms with E-state index < -0.39 is 17.7 Å². The summed E-state index contributed by atoms with van der Waals surface area (Å²) in [6.07, 6.45) is 0. The lowest BCUT2D eigenvalue weighted by molar-refractivity contribution is -0.132. The van der Waals surface area contributed by atoms with Crippen molar-refractivity contribution in [2.45, 2.75) is 13.0 Å². The van der Waals surface area contributed by atoms with E-state index in [2.05, 4.69) is 20.9 Å². The number of aliphatic hydroxyl groups excluding tert-OH is 1. The number of rotatable bonds is 3. The predicted molar refractivity (Wildman–Crippen MR) is 130 cm³/mol. The fourth-order valence-electron chi connectivity index (χ4n) is 3.90. The molecule has 1 saturated heterocycles. The fourth-order valence-corrected chi connectivity index (χ4v) is 5.40. The molecule has 0 aliphatic carbocycles. The van der Waals surface area contributed by atoms with Gasteiger partial charge < -0.3 is 5.11 Å². The first kappa shape index (κ1) is 20.6. The lowest BCUT2D eigenvalue weighted by Gasteiger charge is -2.23. The highest BCUT2D eigenvalue weighted by molar-refractivity contribution is 9.10. The van der Waals surface area contributed by atoms with E-state index in [1.807, 2.05) is 55.5 Å². The molecule has 0 radical (unpaired) electrons. The van der Waals surface area contributed by atoms with E-state index in [0.29, 0.717) is 16.3 Å². The monoisotopic (exact) mass is 504 g/mol. The van der Waals surface area contributed by atoms with Gasteiger partial charge in [0.15, 0.2) is 5.13 Å². The average Bonchev–Trinajstić information content (AvgIpc) is 3.32. The van der Waals surface area contributed by atoms with Crippen LogP contribution < -0.4 is 4.90 Å². The molecule has 4 aromatic rings. The van der Waals surface area contributed by atoms with Crippen molar-refractivity contribution < 1.29 is 14.7 Å². The molecule has 5 rings (SSSR count). The number of Topliss-reactive ketones (excluding diaryl/α,β-unsaturated/α-hetero) is 1. The molecule has 1 fully saturated rings. The summed E-state index contributed by atoms with van der Waals surface area (Å²) < 4.78 is 1.73. The standard InChI is InChI=1S/C25H17BrN2O3S/c1-14-10-11-18-19(12-14)32-25(27-18)28-21(16-8-5-9-17(26)13-16)20(23(30)24(28)31)22(29)15-6-3-2-4-7-15/h2-13,21,29H,1H3/t21-/m0/s1. The topological polar surface area (TPSA) is 70.5 Å². The van der Waals surface area contributed by atoms with Crippen LogP contribution in [0.5, 0.6) is 0 Å². The zero-order valence-corrected chi connectivity index (χ0v) is 19.4. The highest BCUT2D eigenvalue weighted by Crippen LogP contribution is 2.44. The summed E-state index contributed by atoms with van der Waals surface area (Å²) in [6.45, 7) is 1.99. The lowest BCUT2D eigenvalue weighted by Crippen LogP contribution is -2.29. The van der Waals surface area contributed by atoms with Crippen LogP contribution in [-0.4, -0.2) is 21.8 Å². The van der Waals surface area contributed by atoms with Crippen molar-refractivity contribution in [3.05, 3.63) is 99.5 Å². The maximum atomic E-state index is 13.3. The molecule has 3 aromatic carbocycles. The first-order valence-electron chi connectivity index (χ1n) is 9.93. The van der Waals surface area contributed by atoms with Gasteiger partial charge in [-0.05, 0) is 42.3 Å². The maximum Gasteiger partial charge on any atom is 0.301 e. The van der Waals surface area contributed by atoms with E-state index in [-0.39, 0.29) is 11.3 Å². The molecule has 7 heteroatoms. The van der Waals surface area contributed by atoms with E-state index in [1.54, 1.807) is 24.3 Å². The first-order chi connectivity index (χ1) is 15.4. The second-order valence-corrected chi connectivity index (χ2v) is 9.48. The SMILES string of the molecule is Cc1ccc2nc(N3C(=O)C(=O)C(=C(O)c4ccccc4)[C@@H]3c3cccc(Br)c3)sc2c1. The molecule has 5 nitrogen and oxygen atoms in total. The number of fused-ring (bicyclic) bond motifs is 1. The number of aromatic nitrogens is 1. The Morgan fingerprint density at radius 2 is 1.81 bits per heavy atom. The van der Waals surface area contributed by atoms with Gasteiger partial charge in [-0.25, -0.2) is 4.98 Å². The van der Waals surface area contributed by atoms with Crippen LogP contribution in [0.3, 0.4) is 0 Å². The molecule has 32 heavy (non-hydrogen) atoms. The van der Waals surface area contributed by atoms with Crippen molar-refractivity contribution in [2.24, 2.45) is 0 Å². The second kappa shape index (κ2) is 8.00. The Balaban J connectivity index is 1.75. The minimum absolute atomic E-state index is 0.0507. The molecule has 0 saturated carbocycles. The van der Waals surface area contributed by atoms with Gasteiger partial charge >= 0.3 is 5.91 Å². The van der Waals surface area contributed by atoms with E-state index in [1.165, 1.54) is 16.2 Å². The summed E-state index contributed by atoms with van der Waals surface area (Å²) in [6, 6.07) is 21.2. The van der Waals surface area contributed by atoms with Crippen LogP contribution in [0, 0.1) is 6.92 Å². The number of aliphatic hydroxyl groups is 1. The molecule has 1 atom stereocenters. The van der Waals surface area contributed by atoms with Gasteiger partial charge in [0.25, 0.3) is 5.78 Å². The summed E-state index contributed by atoms with van der Waals surface area (Å²) >= 11 is 4.83. The van der Waals surface area contributed by atoms with Gasteiger partial charge in [-0.15, -0.1) is 0 Å². The number of nitrogens with zero attached hydrogens (tertiary/aromatic N) is 2. The van der Waals surface area contributed by atoms with Gasteiger partial charge in [0.05, 0.1) is 21.8 Å². The number of halogens is 1. The van der Waals surface area contributed by atoms with Crippen LogP contribution in [0.15, 0.2) is 82.8 Å². The summed E-state index contributed by atoms with van der Waals surface area (Å²) in [4.78, 5) is 32.5. The quantitative estimate of drug-likeness (QED) is 0.211. The van der Waals surface area contributed by atoms with E-state index in [9.17, 15) is 14.7 Å². The first-order valence-corrected chi connectivity index (χ1v) is 11.5. The molecular formula is C25H17BrN2O3S. The lowest BCUT2D eigenvalue weighted by atomic mass is 9.95. The third-order valence-electron chi connectivity index (χ3n) is 5.39. The molecule has 158 valence electrons. The number of carbonyl (C=O) groups is 2. The van der Waals surface area contributed by atoms with Crippen molar-refractivity contribution in [1.29, 1.82) is 0 Å². The van der Waals surface area contributed by atoms with E-state index >= 15 is 0 Å². The zero-order chi connectivity index (χ0) is 22.4. The minimum atomic E-state index is -0.797. The van der Waals surface area contributed by atoms with Gasteiger partial charge in [-0.2, -0.15) is 0 Å². The Morgan fingerprint density at radius 3 is 2.56 bits per heavy atom. The minimum Gasteiger partial charge on any atom is -0.507 e. The molecule has 1 amide bonds. The molecule has 0 unspecified atom stereocenters. The third kappa shape index (κ3) is 3.43. The molecule has 1 aliphatic heterocycles. The van der Waals surface area contributed by atoms with Crippen LogP contribution in [0.25, 0.3) is 16.0 Å². The molecule has 1 aromatic heterocycles. The van der Waals surface area contributed by atoms with Gasteiger partial charge in [0.2, 0.25) is 0 Å². The van der Waals surface area contributed by atoms with Crippen LogP contribution >= 0.6 is 27.3 Å². The Labute approximate surface area is 196 Å². The van der Waals surface area contributed by atoms with Crippen molar-refractivity contribution in [3.63, 3.8) is 0 Å². The number of carbonyl (C=O) groups excluding carboxylic acids is 2. The second-order valence-electron chi connectivity index (χ2n) is 7.56. The smallest absolute Gasteiger partial charge is 0.301 e. The Hall–Kier alpha value is -3.29. The number of thiazole rings is 1. The highest BCUT2D eigenvalue weighted by atomic mass is 79.9. The Kier molecular flexibility index (Phi) is 5.15. The number of benzene rings is 3. The largest absolute Gasteiger partial charge is 0.507 e. The molecule has 0 spiro atoms. The van der Waals surface area contributed by atoms with Gasteiger partial charge in [-0.3, -0.25) is 14.5 Å². The van der Waals surface area contributed by atoms with Crippen molar-refractivity contribution >= 4 is 60.1 Å². The Bertz CT molecular complexity index is 1410. The van der Waals surface area contributed by atoms with Gasteiger partial charge in [-0.1, -0.05) is 75.8 Å². The third-order valence-corrected chi connectivity index (χ3v) is 6.91. The number of aryl methyl sites for hydroxylation is 1. The number of hydrogen-bond donors (Lipinski definition) is 1. The van der Waals surface area contributed by atoms with E-state index in [4.69, 9.17) is 0 Å². The normalized spacial score (nSPS) is 17.9. The average molecular weight is 505 g/mol. The number of amides is 1. The Morgan fingerprint density at radius 1 is 1.03 bits per heavy atom. The molecule has 1 aliphatic rings. The van der Waals surface area contributed by atoms with Crippen molar-refractivity contribution in [2.75, 3.05) is 4.90 Å². The summed E-state index contributed by atoms with van der Waals surface area (Å²) in [5.41, 5.74) is 3.07. The number of ketones is 1. The zero-order valence-electron chi connectivity index (χ0n) is 16.9. The van der Waals surface area contributed by atoms with Crippen LogP contribution in [0.4, 0.5) is 5.13 Å². The van der Waals surface area contributed by atoms with Crippen LogP contribution in [-0.2, 0) is 9.59 Å². The highest BCUT2D eigenvalue weighted by Gasteiger charge is 2.48. The van der Waals surface area contributed by atoms with Crippen molar-refractivity contribution in [1.82, 2.24) is 4.98 Å². The summed E-state index contributed by atoms with van der Waals surface area (Å²) in [7, 11) is 0. The predicted octanol–water partition coefficient (Wildman–Crippen LogP) is 5.99.